The maximum atomic E-state index is 13.8. The molecule has 0 fully saturated rings. The zero-order valence-corrected chi connectivity index (χ0v) is 10.8. The quantitative estimate of drug-likeness (QED) is 0.684. The van der Waals surface area contributed by atoms with Crippen LogP contribution >= 0.6 is 15.9 Å². The smallest absolute Gasteiger partial charge is 0.169 e. The fourth-order valence-corrected chi connectivity index (χ4v) is 2.20. The van der Waals surface area contributed by atoms with E-state index in [4.69, 9.17) is 0 Å². The Kier molecular flexibility index (Phi) is 2.78. The number of hydrogen-bond donors (Lipinski definition) is 0. The second kappa shape index (κ2) is 4.34. The molecule has 0 aliphatic heterocycles. The Bertz CT molecular complexity index is 762. The zero-order valence-electron chi connectivity index (χ0n) is 9.24. The van der Waals surface area contributed by atoms with Gasteiger partial charge in [-0.2, -0.15) is 5.10 Å². The molecule has 2 heterocycles. The van der Waals surface area contributed by atoms with Crippen LogP contribution in [0, 0.1) is 17.5 Å². The van der Waals surface area contributed by atoms with Gasteiger partial charge in [-0.1, -0.05) is 0 Å². The van der Waals surface area contributed by atoms with Gasteiger partial charge < -0.3 is 0 Å². The van der Waals surface area contributed by atoms with Crippen LogP contribution in [-0.2, 0) is 0 Å². The van der Waals surface area contributed by atoms with Crippen molar-refractivity contribution in [3.8, 4) is 11.3 Å². The van der Waals surface area contributed by atoms with Gasteiger partial charge >= 0.3 is 0 Å². The summed E-state index contributed by atoms with van der Waals surface area (Å²) in [5.41, 5.74) is 0.232. The van der Waals surface area contributed by atoms with Crippen LogP contribution < -0.4 is 0 Å². The van der Waals surface area contributed by atoms with Gasteiger partial charge in [-0.25, -0.2) is 22.7 Å². The summed E-state index contributed by atoms with van der Waals surface area (Å²) in [5, 5.41) is 3.98. The Morgan fingerprint density at radius 1 is 1.11 bits per heavy atom. The minimum Gasteiger partial charge on any atom is -0.236 e. The van der Waals surface area contributed by atoms with Crippen molar-refractivity contribution in [2.75, 3.05) is 0 Å². The molecule has 7 heteroatoms. The highest BCUT2D eigenvalue weighted by atomic mass is 79.9. The van der Waals surface area contributed by atoms with Crippen molar-refractivity contribution in [1.29, 1.82) is 0 Å². The van der Waals surface area contributed by atoms with Gasteiger partial charge in [-0.15, -0.1) is 0 Å². The van der Waals surface area contributed by atoms with Crippen molar-refractivity contribution in [2.45, 2.75) is 0 Å². The third-order valence-electron chi connectivity index (χ3n) is 2.62. The van der Waals surface area contributed by atoms with Crippen molar-refractivity contribution in [3.63, 3.8) is 0 Å². The third kappa shape index (κ3) is 1.90. The highest BCUT2D eigenvalue weighted by molar-refractivity contribution is 9.10. The molecule has 0 spiro atoms. The summed E-state index contributed by atoms with van der Waals surface area (Å²) in [5.74, 6) is -2.95. The Balaban J connectivity index is 2.37. The van der Waals surface area contributed by atoms with Crippen LogP contribution in [0.1, 0.15) is 0 Å². The lowest BCUT2D eigenvalue weighted by atomic mass is 10.1. The maximum Gasteiger partial charge on any atom is 0.169 e. The van der Waals surface area contributed by atoms with E-state index in [0.29, 0.717) is 22.3 Å². The average Bonchev–Trinajstić information content (AvgIpc) is 2.71. The van der Waals surface area contributed by atoms with Crippen molar-refractivity contribution < 1.29 is 13.2 Å². The Hall–Kier alpha value is -1.89. The van der Waals surface area contributed by atoms with E-state index in [1.165, 1.54) is 23.0 Å². The van der Waals surface area contributed by atoms with Crippen LogP contribution in [0.4, 0.5) is 13.2 Å². The number of hydrogen-bond acceptors (Lipinski definition) is 2. The number of rotatable bonds is 1. The first-order chi connectivity index (χ1) is 9.08. The van der Waals surface area contributed by atoms with Crippen molar-refractivity contribution in [3.05, 3.63) is 52.5 Å². The van der Waals surface area contributed by atoms with Crippen molar-refractivity contribution in [2.24, 2.45) is 0 Å². The summed E-state index contributed by atoms with van der Waals surface area (Å²) in [6, 6.07) is 2.66. The molecule has 2 aromatic heterocycles. The molecule has 3 aromatic rings. The minimum atomic E-state index is -0.989. The summed E-state index contributed by atoms with van der Waals surface area (Å²) in [4.78, 5) is 4.04. The van der Waals surface area contributed by atoms with Gasteiger partial charge in [0.2, 0.25) is 0 Å². The van der Waals surface area contributed by atoms with Crippen LogP contribution in [0.25, 0.3) is 16.9 Å². The molecule has 0 bridgehead atoms. The van der Waals surface area contributed by atoms with E-state index in [1.807, 2.05) is 0 Å². The van der Waals surface area contributed by atoms with Gasteiger partial charge in [0.1, 0.15) is 17.5 Å². The lowest BCUT2D eigenvalue weighted by Gasteiger charge is -2.07. The molecule has 0 N–H and O–H groups in total. The number of aromatic nitrogens is 3. The van der Waals surface area contributed by atoms with E-state index in [1.54, 1.807) is 0 Å². The molecule has 96 valence electrons. The van der Waals surface area contributed by atoms with Gasteiger partial charge in [0.15, 0.2) is 5.65 Å². The average molecular weight is 328 g/mol. The molecule has 1 aromatic carbocycles. The van der Waals surface area contributed by atoms with E-state index in [9.17, 15) is 13.2 Å². The van der Waals surface area contributed by atoms with Crippen LogP contribution in [0.15, 0.2) is 35.1 Å². The molecule has 0 atom stereocenters. The summed E-state index contributed by atoms with van der Waals surface area (Å²) in [6.07, 6.45) is 2.87. The van der Waals surface area contributed by atoms with Gasteiger partial charge in [0.25, 0.3) is 0 Å². The first kappa shape index (κ1) is 12.2. The molecule has 0 unspecified atom stereocenters. The third-order valence-corrected chi connectivity index (χ3v) is 3.18. The van der Waals surface area contributed by atoms with E-state index in [-0.39, 0.29) is 11.3 Å². The van der Waals surface area contributed by atoms with Crippen LogP contribution in [-0.4, -0.2) is 14.6 Å². The van der Waals surface area contributed by atoms with Crippen LogP contribution in [0.2, 0.25) is 0 Å². The molecule has 0 aliphatic rings. The molecule has 0 saturated heterocycles. The number of fused-ring (bicyclic) bond motifs is 1. The monoisotopic (exact) mass is 327 g/mol. The lowest BCUT2D eigenvalue weighted by molar-refractivity contribution is 0.546. The SMILES string of the molecule is Fc1cc(F)c(-c2ccnc3c(Br)cnn23)c(F)c1. The molecule has 3 nitrogen and oxygen atoms in total. The summed E-state index contributed by atoms with van der Waals surface area (Å²) >= 11 is 3.23. The van der Waals surface area contributed by atoms with Crippen molar-refractivity contribution in [1.82, 2.24) is 14.6 Å². The van der Waals surface area contributed by atoms with Gasteiger partial charge in [-0.05, 0) is 22.0 Å². The largest absolute Gasteiger partial charge is 0.236 e. The molecule has 0 amide bonds. The van der Waals surface area contributed by atoms with Crippen LogP contribution in [0.3, 0.4) is 0 Å². The Morgan fingerprint density at radius 2 is 1.79 bits per heavy atom. The summed E-state index contributed by atoms with van der Waals surface area (Å²) in [7, 11) is 0. The standard InChI is InChI=1S/C12H5BrF3N3/c13-7-5-18-19-10(1-2-17-12(7)19)11-8(15)3-6(14)4-9(11)16/h1-5H. The first-order valence-corrected chi connectivity index (χ1v) is 6.00. The van der Waals surface area contributed by atoms with Crippen molar-refractivity contribution >= 4 is 21.6 Å². The number of halogens is 4. The fourth-order valence-electron chi connectivity index (χ4n) is 1.84. The van der Waals surface area contributed by atoms with E-state index < -0.39 is 17.5 Å². The van der Waals surface area contributed by atoms with Gasteiger partial charge in [0, 0.05) is 18.3 Å². The number of nitrogens with zero attached hydrogens (tertiary/aromatic N) is 3. The number of benzene rings is 1. The molecule has 3 rings (SSSR count). The molecular weight excluding hydrogens is 323 g/mol. The predicted octanol–water partition coefficient (Wildman–Crippen LogP) is 3.58. The Labute approximate surface area is 113 Å². The van der Waals surface area contributed by atoms with E-state index >= 15 is 0 Å². The van der Waals surface area contributed by atoms with Gasteiger partial charge in [-0.3, -0.25) is 0 Å². The Morgan fingerprint density at radius 3 is 2.47 bits per heavy atom. The molecule has 0 aliphatic carbocycles. The normalized spacial score (nSPS) is 11.2. The molecule has 0 saturated carbocycles. The minimum absolute atomic E-state index is 0.158. The lowest BCUT2D eigenvalue weighted by Crippen LogP contribution is -2.00. The first-order valence-electron chi connectivity index (χ1n) is 5.21. The van der Waals surface area contributed by atoms with E-state index in [2.05, 4.69) is 26.0 Å². The second-order valence-corrected chi connectivity index (χ2v) is 4.66. The molecular formula is C12H5BrF3N3. The predicted molar refractivity (Wildman–Crippen MR) is 66.0 cm³/mol. The van der Waals surface area contributed by atoms with Gasteiger partial charge in [0.05, 0.1) is 21.9 Å². The molecule has 0 radical (unpaired) electrons. The van der Waals surface area contributed by atoms with E-state index in [0.717, 1.165) is 0 Å². The van der Waals surface area contributed by atoms with Crippen LogP contribution in [0.5, 0.6) is 0 Å². The summed E-state index contributed by atoms with van der Waals surface area (Å²) < 4.78 is 42.4. The summed E-state index contributed by atoms with van der Waals surface area (Å²) in [6.45, 7) is 0. The highest BCUT2D eigenvalue weighted by Crippen LogP contribution is 2.28. The highest BCUT2D eigenvalue weighted by Gasteiger charge is 2.17. The maximum absolute atomic E-state index is 13.8. The topological polar surface area (TPSA) is 30.2 Å². The molecule has 19 heavy (non-hydrogen) atoms. The zero-order chi connectivity index (χ0) is 13.6. The second-order valence-electron chi connectivity index (χ2n) is 3.80. The fraction of sp³-hybridized carbons (Fsp3) is 0.